The summed E-state index contributed by atoms with van der Waals surface area (Å²) in [6, 6.07) is 2.86. The molecular formula is C10H11NO5S. The maximum atomic E-state index is 11.2. The fraction of sp³-hybridized carbons (Fsp3) is 0.400. The van der Waals surface area contributed by atoms with E-state index in [4.69, 9.17) is 9.84 Å². The van der Waals surface area contributed by atoms with Crippen molar-refractivity contribution in [3.63, 3.8) is 0 Å². The van der Waals surface area contributed by atoms with Gasteiger partial charge < -0.3 is 9.84 Å². The van der Waals surface area contributed by atoms with E-state index in [9.17, 15) is 13.2 Å². The van der Waals surface area contributed by atoms with Crippen LogP contribution < -0.4 is 4.74 Å². The summed E-state index contributed by atoms with van der Waals surface area (Å²) in [6.45, 7) is 0. The van der Waals surface area contributed by atoms with Gasteiger partial charge in [0.15, 0.2) is 9.84 Å². The van der Waals surface area contributed by atoms with Gasteiger partial charge in [-0.1, -0.05) is 0 Å². The molecule has 2 rings (SSSR count). The molecule has 1 saturated heterocycles. The van der Waals surface area contributed by atoms with E-state index >= 15 is 0 Å². The zero-order valence-electron chi connectivity index (χ0n) is 8.87. The van der Waals surface area contributed by atoms with Gasteiger partial charge in [-0.3, -0.25) is 0 Å². The Hall–Kier alpha value is -1.63. The number of hydrogen-bond donors (Lipinski definition) is 1. The molecule has 1 aromatic heterocycles. The molecule has 0 amide bonds. The van der Waals surface area contributed by atoms with Gasteiger partial charge in [0.1, 0.15) is 11.7 Å². The van der Waals surface area contributed by atoms with Gasteiger partial charge in [-0.05, 0) is 18.6 Å². The first-order valence-corrected chi connectivity index (χ1v) is 6.85. The number of hydrogen-bond acceptors (Lipinski definition) is 5. The average molecular weight is 257 g/mol. The standard InChI is InChI=1S/C10H11NO5S/c12-10(13)8-2-1-4-11-9(8)16-7-3-5-17(14,15)6-7/h1-2,4,7H,3,5-6H2,(H,12,13). The van der Waals surface area contributed by atoms with Gasteiger partial charge in [0.2, 0.25) is 5.88 Å². The van der Waals surface area contributed by atoms with Crippen molar-refractivity contribution in [1.82, 2.24) is 4.98 Å². The van der Waals surface area contributed by atoms with Crippen LogP contribution in [0.25, 0.3) is 0 Å². The molecule has 7 heteroatoms. The maximum absolute atomic E-state index is 11.2. The number of carboxylic acid groups (broad SMARTS) is 1. The molecule has 0 aromatic carbocycles. The highest BCUT2D eigenvalue weighted by Gasteiger charge is 2.30. The largest absolute Gasteiger partial charge is 0.477 e. The lowest BCUT2D eigenvalue weighted by Crippen LogP contribution is -2.19. The molecule has 0 spiro atoms. The third-order valence-electron chi connectivity index (χ3n) is 2.47. The minimum absolute atomic E-state index is 0.0258. The molecule has 1 fully saturated rings. The van der Waals surface area contributed by atoms with E-state index in [0.717, 1.165) is 0 Å². The highest BCUT2D eigenvalue weighted by molar-refractivity contribution is 7.91. The number of carbonyl (C=O) groups is 1. The van der Waals surface area contributed by atoms with Gasteiger partial charge in [0.25, 0.3) is 0 Å². The molecule has 92 valence electrons. The highest BCUT2D eigenvalue weighted by atomic mass is 32.2. The summed E-state index contributed by atoms with van der Waals surface area (Å²) in [5, 5.41) is 8.90. The van der Waals surface area contributed by atoms with Crippen molar-refractivity contribution < 1.29 is 23.1 Å². The molecule has 1 atom stereocenters. The first-order chi connectivity index (χ1) is 7.98. The van der Waals surface area contributed by atoms with Gasteiger partial charge in [-0.2, -0.15) is 0 Å². The van der Waals surface area contributed by atoms with Crippen molar-refractivity contribution in [3.8, 4) is 5.88 Å². The molecule has 0 aliphatic carbocycles. The van der Waals surface area contributed by atoms with Crippen molar-refractivity contribution in [3.05, 3.63) is 23.9 Å². The number of carboxylic acids is 1. The first-order valence-electron chi connectivity index (χ1n) is 5.03. The predicted octanol–water partition coefficient (Wildman–Crippen LogP) is 0.346. The molecule has 6 nitrogen and oxygen atoms in total. The van der Waals surface area contributed by atoms with Gasteiger partial charge >= 0.3 is 5.97 Å². The van der Waals surface area contributed by atoms with Crippen LogP contribution in [-0.2, 0) is 9.84 Å². The molecule has 0 radical (unpaired) electrons. The zero-order chi connectivity index (χ0) is 12.5. The number of ether oxygens (including phenoxy) is 1. The molecule has 1 aliphatic rings. The summed E-state index contributed by atoms with van der Waals surface area (Å²) < 4.78 is 27.8. The monoisotopic (exact) mass is 257 g/mol. The fourth-order valence-electron chi connectivity index (χ4n) is 1.66. The number of aromatic nitrogens is 1. The lowest BCUT2D eigenvalue weighted by Gasteiger charge is -2.12. The lowest BCUT2D eigenvalue weighted by molar-refractivity contribution is 0.0688. The van der Waals surface area contributed by atoms with Gasteiger partial charge in [-0.25, -0.2) is 18.2 Å². The van der Waals surface area contributed by atoms with Crippen LogP contribution in [0.3, 0.4) is 0 Å². The Morgan fingerprint density at radius 1 is 1.53 bits per heavy atom. The average Bonchev–Trinajstić information content (AvgIpc) is 2.58. The quantitative estimate of drug-likeness (QED) is 0.839. The van der Waals surface area contributed by atoms with Crippen LogP contribution in [0, 0.1) is 0 Å². The molecule has 1 unspecified atom stereocenters. The second-order valence-corrected chi connectivity index (χ2v) is 6.03. The van der Waals surface area contributed by atoms with Gasteiger partial charge in [-0.15, -0.1) is 0 Å². The molecule has 0 saturated carbocycles. The van der Waals surface area contributed by atoms with E-state index < -0.39 is 21.9 Å². The van der Waals surface area contributed by atoms with Crippen molar-refractivity contribution in [1.29, 1.82) is 0 Å². The number of sulfone groups is 1. The summed E-state index contributed by atoms with van der Waals surface area (Å²) in [7, 11) is -3.05. The molecule has 1 aliphatic heterocycles. The zero-order valence-corrected chi connectivity index (χ0v) is 9.68. The summed E-state index contributed by atoms with van der Waals surface area (Å²) >= 11 is 0. The number of pyridine rings is 1. The van der Waals surface area contributed by atoms with Crippen LogP contribution >= 0.6 is 0 Å². The lowest BCUT2D eigenvalue weighted by atomic mass is 10.2. The molecule has 1 N–H and O–H groups in total. The molecule has 0 bridgehead atoms. The van der Waals surface area contributed by atoms with Gasteiger partial charge in [0.05, 0.1) is 11.5 Å². The van der Waals surface area contributed by atoms with Crippen LogP contribution in [0.1, 0.15) is 16.8 Å². The minimum Gasteiger partial charge on any atom is -0.477 e. The Morgan fingerprint density at radius 3 is 2.88 bits per heavy atom. The van der Waals surface area contributed by atoms with Crippen LogP contribution in [0.15, 0.2) is 18.3 Å². The van der Waals surface area contributed by atoms with Crippen molar-refractivity contribution in [2.75, 3.05) is 11.5 Å². The number of aromatic carboxylic acids is 1. The fourth-order valence-corrected chi connectivity index (χ4v) is 3.25. The summed E-state index contributed by atoms with van der Waals surface area (Å²) in [5.41, 5.74) is -0.0585. The second kappa shape index (κ2) is 4.33. The smallest absolute Gasteiger partial charge is 0.341 e. The molecular weight excluding hydrogens is 246 g/mol. The van der Waals surface area contributed by atoms with E-state index in [1.165, 1.54) is 18.3 Å². The van der Waals surface area contributed by atoms with Crippen molar-refractivity contribution in [2.24, 2.45) is 0 Å². The Morgan fingerprint density at radius 2 is 2.29 bits per heavy atom. The topological polar surface area (TPSA) is 93.6 Å². The number of rotatable bonds is 3. The molecule has 1 aromatic rings. The second-order valence-electron chi connectivity index (χ2n) is 3.80. The Bertz CT molecular complexity index is 539. The third-order valence-corrected chi connectivity index (χ3v) is 4.21. The van der Waals surface area contributed by atoms with E-state index in [2.05, 4.69) is 4.98 Å². The van der Waals surface area contributed by atoms with E-state index in [-0.39, 0.29) is 22.9 Å². The van der Waals surface area contributed by atoms with Crippen LogP contribution in [0.5, 0.6) is 5.88 Å². The molecule has 2 heterocycles. The third kappa shape index (κ3) is 2.73. The van der Waals surface area contributed by atoms with E-state index in [1.54, 1.807) is 0 Å². The maximum Gasteiger partial charge on any atom is 0.341 e. The van der Waals surface area contributed by atoms with E-state index in [1.807, 2.05) is 0 Å². The van der Waals surface area contributed by atoms with Crippen LogP contribution in [0.4, 0.5) is 0 Å². The normalized spacial score (nSPS) is 22.2. The number of nitrogens with zero attached hydrogens (tertiary/aromatic N) is 1. The van der Waals surface area contributed by atoms with Crippen molar-refractivity contribution in [2.45, 2.75) is 12.5 Å². The summed E-state index contributed by atoms with van der Waals surface area (Å²) in [4.78, 5) is 14.7. The first kappa shape index (κ1) is 11.8. The predicted molar refractivity (Wildman–Crippen MR) is 58.9 cm³/mol. The SMILES string of the molecule is O=C(O)c1cccnc1OC1CCS(=O)(=O)C1. The van der Waals surface area contributed by atoms with Crippen molar-refractivity contribution >= 4 is 15.8 Å². The minimum atomic E-state index is -3.05. The Kier molecular flexibility index (Phi) is 3.01. The molecule has 17 heavy (non-hydrogen) atoms. The highest BCUT2D eigenvalue weighted by Crippen LogP contribution is 2.21. The Balaban J connectivity index is 2.17. The van der Waals surface area contributed by atoms with E-state index in [0.29, 0.717) is 6.42 Å². The summed E-state index contributed by atoms with van der Waals surface area (Å²) in [6.07, 6.45) is 1.27. The summed E-state index contributed by atoms with van der Waals surface area (Å²) in [5.74, 6) is -1.17. The van der Waals surface area contributed by atoms with Gasteiger partial charge in [0, 0.05) is 6.20 Å². The van der Waals surface area contributed by atoms with Crippen LogP contribution in [0.2, 0.25) is 0 Å². The Labute approximate surface area is 98.2 Å². The van der Waals surface area contributed by atoms with Crippen LogP contribution in [-0.4, -0.2) is 42.1 Å².